The van der Waals surface area contributed by atoms with Crippen molar-refractivity contribution in [2.45, 2.75) is 31.3 Å². The van der Waals surface area contributed by atoms with Crippen LogP contribution >= 0.6 is 11.6 Å². The molecule has 27 heavy (non-hydrogen) atoms. The fourth-order valence-corrected chi connectivity index (χ4v) is 3.87. The Hall–Kier alpha value is -2.09. The first-order valence-corrected chi connectivity index (χ1v) is 10.2. The summed E-state index contributed by atoms with van der Waals surface area (Å²) < 4.78 is 32.3. The van der Waals surface area contributed by atoms with Gasteiger partial charge in [-0.2, -0.15) is 4.31 Å². The van der Waals surface area contributed by atoms with Gasteiger partial charge in [0.25, 0.3) is 5.91 Å². The van der Waals surface area contributed by atoms with Crippen molar-refractivity contribution < 1.29 is 17.9 Å². The molecule has 0 aliphatic carbocycles. The van der Waals surface area contributed by atoms with Crippen LogP contribution in [0.2, 0.25) is 5.02 Å². The van der Waals surface area contributed by atoms with Gasteiger partial charge in [0.05, 0.1) is 17.6 Å². The van der Waals surface area contributed by atoms with Gasteiger partial charge in [0.15, 0.2) is 0 Å². The monoisotopic (exact) mass is 410 g/mol. The van der Waals surface area contributed by atoms with Crippen LogP contribution in [0, 0.1) is 0 Å². The molecule has 1 N–H and O–H groups in total. The lowest BCUT2D eigenvalue weighted by Crippen LogP contribution is -2.31. The molecule has 2 rings (SSSR count). The highest BCUT2D eigenvalue weighted by Gasteiger charge is 2.24. The van der Waals surface area contributed by atoms with Crippen molar-refractivity contribution in [3.05, 3.63) is 58.6 Å². The number of methoxy groups -OCH3 is 1. The predicted octanol–water partition coefficient (Wildman–Crippen LogP) is 3.31. The molecular weight excluding hydrogens is 388 g/mol. The van der Waals surface area contributed by atoms with Crippen LogP contribution in [0.1, 0.15) is 29.8 Å². The summed E-state index contributed by atoms with van der Waals surface area (Å²) in [5.41, 5.74) is 0.856. The summed E-state index contributed by atoms with van der Waals surface area (Å²) in [5.74, 6) is -0.0893. The van der Waals surface area contributed by atoms with Gasteiger partial charge in [-0.15, -0.1) is 0 Å². The second kappa shape index (κ2) is 8.73. The fourth-order valence-electron chi connectivity index (χ4n) is 2.50. The molecule has 0 fully saturated rings. The molecule has 0 aliphatic rings. The Kier molecular flexibility index (Phi) is 6.86. The number of halogens is 1. The largest absolute Gasteiger partial charge is 0.496 e. The van der Waals surface area contributed by atoms with E-state index in [1.807, 2.05) is 13.8 Å². The molecule has 0 heterocycles. The van der Waals surface area contributed by atoms with E-state index >= 15 is 0 Å². The zero-order valence-corrected chi connectivity index (χ0v) is 17.3. The standard InChI is InChI=1S/C19H23ClN2O4S/c1-13(2)21-19(23)16-11-15(9-10-18(16)26-4)27(24,25)22(3)12-14-7-5-6-8-17(14)20/h5-11,13H,12H2,1-4H3,(H,21,23). The van der Waals surface area contributed by atoms with E-state index in [0.29, 0.717) is 16.3 Å². The number of benzene rings is 2. The number of hydrogen-bond acceptors (Lipinski definition) is 4. The number of nitrogens with zero attached hydrogens (tertiary/aromatic N) is 1. The van der Waals surface area contributed by atoms with E-state index in [-0.39, 0.29) is 23.0 Å². The van der Waals surface area contributed by atoms with Crippen molar-refractivity contribution in [2.24, 2.45) is 0 Å². The molecule has 0 aromatic heterocycles. The number of hydrogen-bond donors (Lipinski definition) is 1. The number of carbonyl (C=O) groups is 1. The number of sulfonamides is 1. The van der Waals surface area contributed by atoms with E-state index in [4.69, 9.17) is 16.3 Å². The first kappa shape index (κ1) is 21.2. The zero-order chi connectivity index (χ0) is 20.2. The van der Waals surface area contributed by atoms with Gasteiger partial charge < -0.3 is 10.1 Å². The third-order valence-corrected chi connectivity index (χ3v) is 6.06. The van der Waals surface area contributed by atoms with E-state index in [1.165, 1.54) is 36.7 Å². The van der Waals surface area contributed by atoms with Gasteiger partial charge >= 0.3 is 0 Å². The Labute approximate surface area is 165 Å². The molecule has 0 spiro atoms. The molecule has 0 radical (unpaired) electrons. The van der Waals surface area contributed by atoms with Crippen molar-refractivity contribution in [3.63, 3.8) is 0 Å². The number of ether oxygens (including phenoxy) is 1. The Bertz CT molecular complexity index is 929. The lowest BCUT2D eigenvalue weighted by Gasteiger charge is -2.19. The van der Waals surface area contributed by atoms with E-state index < -0.39 is 15.9 Å². The SMILES string of the molecule is COc1ccc(S(=O)(=O)N(C)Cc2ccccc2Cl)cc1C(=O)NC(C)C. The minimum absolute atomic E-state index is 0.00626. The van der Waals surface area contributed by atoms with Crippen LogP contribution in [0.25, 0.3) is 0 Å². The number of nitrogens with one attached hydrogen (secondary N) is 1. The molecule has 2 aromatic rings. The summed E-state index contributed by atoms with van der Waals surface area (Å²) in [6.45, 7) is 3.76. The van der Waals surface area contributed by atoms with Gasteiger partial charge in [-0.05, 0) is 43.7 Å². The van der Waals surface area contributed by atoms with Crippen LogP contribution in [-0.4, -0.2) is 38.8 Å². The predicted molar refractivity (Wildman–Crippen MR) is 106 cm³/mol. The van der Waals surface area contributed by atoms with Gasteiger partial charge in [-0.1, -0.05) is 29.8 Å². The molecule has 8 heteroatoms. The fraction of sp³-hybridized carbons (Fsp3) is 0.316. The second-order valence-corrected chi connectivity index (χ2v) is 8.79. The molecule has 146 valence electrons. The molecule has 0 bridgehead atoms. The minimum Gasteiger partial charge on any atom is -0.496 e. The molecular formula is C19H23ClN2O4S. The van der Waals surface area contributed by atoms with Crippen LogP contribution in [0.15, 0.2) is 47.4 Å². The summed E-state index contributed by atoms with van der Waals surface area (Å²) in [4.78, 5) is 12.4. The minimum atomic E-state index is -3.82. The molecule has 0 saturated heterocycles. The summed E-state index contributed by atoms with van der Waals surface area (Å²) in [6, 6.07) is 11.2. The van der Waals surface area contributed by atoms with Crippen molar-refractivity contribution in [1.29, 1.82) is 0 Å². The van der Waals surface area contributed by atoms with Crippen LogP contribution in [0.5, 0.6) is 5.75 Å². The molecule has 0 aliphatic heterocycles. The van der Waals surface area contributed by atoms with Gasteiger partial charge in [0.2, 0.25) is 10.0 Å². The average Bonchev–Trinajstić information content (AvgIpc) is 2.62. The normalized spacial score (nSPS) is 11.7. The van der Waals surface area contributed by atoms with Crippen molar-refractivity contribution in [2.75, 3.05) is 14.2 Å². The Morgan fingerprint density at radius 2 is 1.89 bits per heavy atom. The number of carbonyl (C=O) groups excluding carboxylic acids is 1. The topological polar surface area (TPSA) is 75.7 Å². The highest BCUT2D eigenvalue weighted by atomic mass is 35.5. The molecule has 0 saturated carbocycles. The van der Waals surface area contributed by atoms with Gasteiger partial charge in [-0.25, -0.2) is 8.42 Å². The number of rotatable bonds is 7. The first-order chi connectivity index (χ1) is 12.7. The van der Waals surface area contributed by atoms with Gasteiger partial charge in [0.1, 0.15) is 5.75 Å². The maximum Gasteiger partial charge on any atom is 0.255 e. The third-order valence-electron chi connectivity index (χ3n) is 3.89. The molecule has 6 nitrogen and oxygen atoms in total. The van der Waals surface area contributed by atoms with Crippen molar-refractivity contribution in [1.82, 2.24) is 9.62 Å². The summed E-state index contributed by atoms with van der Waals surface area (Å²) in [7, 11) is -0.926. The number of amides is 1. The van der Waals surface area contributed by atoms with Crippen LogP contribution in [-0.2, 0) is 16.6 Å². The average molecular weight is 411 g/mol. The highest BCUT2D eigenvalue weighted by molar-refractivity contribution is 7.89. The van der Waals surface area contributed by atoms with E-state index in [1.54, 1.807) is 24.3 Å². The van der Waals surface area contributed by atoms with Gasteiger partial charge in [-0.3, -0.25) is 4.79 Å². The lowest BCUT2D eigenvalue weighted by molar-refractivity contribution is 0.0940. The van der Waals surface area contributed by atoms with Crippen molar-refractivity contribution in [3.8, 4) is 5.75 Å². The van der Waals surface area contributed by atoms with Gasteiger partial charge in [0, 0.05) is 24.7 Å². The van der Waals surface area contributed by atoms with E-state index in [9.17, 15) is 13.2 Å². The summed E-state index contributed by atoms with van der Waals surface area (Å²) >= 11 is 6.13. The second-order valence-electron chi connectivity index (χ2n) is 6.34. The Morgan fingerprint density at radius 1 is 1.22 bits per heavy atom. The molecule has 0 atom stereocenters. The first-order valence-electron chi connectivity index (χ1n) is 8.35. The molecule has 0 unspecified atom stereocenters. The maximum atomic E-state index is 13.0. The van der Waals surface area contributed by atoms with Crippen LogP contribution in [0.3, 0.4) is 0 Å². The zero-order valence-electron chi connectivity index (χ0n) is 15.7. The Balaban J connectivity index is 2.37. The summed E-state index contributed by atoms with van der Waals surface area (Å²) in [6.07, 6.45) is 0. The highest BCUT2D eigenvalue weighted by Crippen LogP contribution is 2.26. The van der Waals surface area contributed by atoms with E-state index in [0.717, 1.165) is 0 Å². The lowest BCUT2D eigenvalue weighted by atomic mass is 10.2. The quantitative estimate of drug-likeness (QED) is 0.759. The maximum absolute atomic E-state index is 13.0. The van der Waals surface area contributed by atoms with Crippen molar-refractivity contribution >= 4 is 27.5 Å². The molecule has 1 amide bonds. The van der Waals surface area contributed by atoms with Crippen LogP contribution < -0.4 is 10.1 Å². The Morgan fingerprint density at radius 3 is 2.48 bits per heavy atom. The van der Waals surface area contributed by atoms with E-state index in [2.05, 4.69) is 5.32 Å². The third kappa shape index (κ3) is 5.00. The smallest absolute Gasteiger partial charge is 0.255 e. The van der Waals surface area contributed by atoms with Crippen LogP contribution in [0.4, 0.5) is 0 Å². The summed E-state index contributed by atoms with van der Waals surface area (Å²) in [5, 5.41) is 3.24. The molecule has 2 aromatic carbocycles.